The molecule has 1 N–H and O–H groups in total. The van der Waals surface area contributed by atoms with Crippen LogP contribution in [0.3, 0.4) is 0 Å². The Hall–Kier alpha value is -1.77. The highest BCUT2D eigenvalue weighted by atomic mass is 15.3. The maximum Gasteiger partial charge on any atom is 0.0671 e. The summed E-state index contributed by atoms with van der Waals surface area (Å²) in [6, 6.07) is 8.55. The van der Waals surface area contributed by atoms with Crippen LogP contribution in [-0.2, 0) is 25.4 Å². The first-order valence-corrected chi connectivity index (χ1v) is 7.26. The van der Waals surface area contributed by atoms with E-state index in [2.05, 4.69) is 68.6 Å². The summed E-state index contributed by atoms with van der Waals surface area (Å²) in [6.07, 6.45) is 3.07. The normalized spacial score (nSPS) is 11.7. The Morgan fingerprint density at radius 1 is 1.20 bits per heavy atom. The van der Waals surface area contributed by atoms with Crippen molar-refractivity contribution in [1.29, 1.82) is 0 Å². The van der Waals surface area contributed by atoms with Crippen LogP contribution in [0.4, 0.5) is 5.69 Å². The molecule has 0 saturated carbocycles. The van der Waals surface area contributed by atoms with E-state index in [1.807, 2.05) is 11.7 Å². The van der Waals surface area contributed by atoms with Crippen molar-refractivity contribution in [3.05, 3.63) is 47.3 Å². The van der Waals surface area contributed by atoms with E-state index in [0.717, 1.165) is 13.0 Å². The van der Waals surface area contributed by atoms with Crippen LogP contribution < -0.4 is 5.32 Å². The van der Waals surface area contributed by atoms with Crippen molar-refractivity contribution in [2.45, 2.75) is 46.1 Å². The Bertz CT molecular complexity index is 576. The molecule has 0 fully saturated rings. The summed E-state index contributed by atoms with van der Waals surface area (Å²) in [4.78, 5) is 0. The van der Waals surface area contributed by atoms with Gasteiger partial charge in [0.15, 0.2) is 0 Å². The first-order chi connectivity index (χ1) is 9.41. The number of rotatable bonds is 4. The van der Waals surface area contributed by atoms with Crippen LogP contribution >= 0.6 is 0 Å². The van der Waals surface area contributed by atoms with Gasteiger partial charge in [-0.25, -0.2) is 0 Å². The molecular formula is C17H25N3. The zero-order chi connectivity index (χ0) is 14.8. The molecule has 0 amide bonds. The second-order valence-corrected chi connectivity index (χ2v) is 6.28. The molecule has 0 saturated heterocycles. The first-order valence-electron chi connectivity index (χ1n) is 7.26. The number of benzene rings is 1. The van der Waals surface area contributed by atoms with Gasteiger partial charge in [0.25, 0.3) is 0 Å². The van der Waals surface area contributed by atoms with Crippen molar-refractivity contribution in [2.75, 3.05) is 5.32 Å². The second-order valence-electron chi connectivity index (χ2n) is 6.28. The van der Waals surface area contributed by atoms with Crippen LogP contribution in [0.15, 0.2) is 30.5 Å². The number of anilines is 1. The van der Waals surface area contributed by atoms with Gasteiger partial charge in [-0.05, 0) is 23.5 Å². The molecule has 0 aliphatic heterocycles. The lowest BCUT2D eigenvalue weighted by atomic mass is 9.86. The number of aromatic nitrogens is 2. The Morgan fingerprint density at radius 3 is 2.55 bits per heavy atom. The Kier molecular flexibility index (Phi) is 4.17. The van der Waals surface area contributed by atoms with Gasteiger partial charge in [0.1, 0.15) is 0 Å². The first kappa shape index (κ1) is 14.6. The average Bonchev–Trinajstić information content (AvgIpc) is 2.76. The number of hydrogen-bond acceptors (Lipinski definition) is 2. The maximum atomic E-state index is 4.49. The van der Waals surface area contributed by atoms with Crippen molar-refractivity contribution < 1.29 is 0 Å². The third kappa shape index (κ3) is 3.21. The van der Waals surface area contributed by atoms with Crippen LogP contribution in [0.5, 0.6) is 0 Å². The molecule has 108 valence electrons. The highest BCUT2D eigenvalue weighted by Crippen LogP contribution is 2.29. The molecule has 1 aromatic carbocycles. The molecule has 0 atom stereocenters. The highest BCUT2D eigenvalue weighted by Gasteiger charge is 2.17. The second kappa shape index (κ2) is 5.70. The molecule has 3 heteroatoms. The monoisotopic (exact) mass is 271 g/mol. The quantitative estimate of drug-likeness (QED) is 0.914. The van der Waals surface area contributed by atoms with Crippen LogP contribution in [0.25, 0.3) is 0 Å². The van der Waals surface area contributed by atoms with Crippen molar-refractivity contribution >= 4 is 5.69 Å². The topological polar surface area (TPSA) is 29.9 Å². The van der Waals surface area contributed by atoms with Gasteiger partial charge in [-0.2, -0.15) is 5.10 Å². The molecule has 0 aliphatic rings. The smallest absolute Gasteiger partial charge is 0.0671 e. The Labute approximate surface area is 122 Å². The molecule has 0 bridgehead atoms. The molecule has 0 aliphatic carbocycles. The van der Waals surface area contributed by atoms with Gasteiger partial charge in [0, 0.05) is 31.0 Å². The summed E-state index contributed by atoms with van der Waals surface area (Å²) in [5, 5.41) is 8.06. The van der Waals surface area contributed by atoms with Crippen molar-refractivity contribution in [3.8, 4) is 0 Å². The molecule has 1 aromatic heterocycles. The van der Waals surface area contributed by atoms with E-state index in [0.29, 0.717) is 0 Å². The molecule has 0 radical (unpaired) electrons. The molecule has 2 rings (SSSR count). The van der Waals surface area contributed by atoms with Crippen LogP contribution in [0, 0.1) is 0 Å². The third-order valence-electron chi connectivity index (χ3n) is 3.53. The molecule has 20 heavy (non-hydrogen) atoms. The summed E-state index contributed by atoms with van der Waals surface area (Å²) in [7, 11) is 1.98. The SMILES string of the molecule is CCc1nn(C)cc1CNc1ccccc1C(C)(C)C. The fourth-order valence-electron chi connectivity index (χ4n) is 2.51. The van der Waals surface area contributed by atoms with E-state index in [-0.39, 0.29) is 5.41 Å². The van der Waals surface area contributed by atoms with E-state index in [9.17, 15) is 0 Å². The number of nitrogens with one attached hydrogen (secondary N) is 1. The van der Waals surface area contributed by atoms with Gasteiger partial charge < -0.3 is 5.32 Å². The summed E-state index contributed by atoms with van der Waals surface area (Å²) in [5.41, 5.74) is 5.16. The van der Waals surface area contributed by atoms with Gasteiger partial charge in [-0.3, -0.25) is 4.68 Å². The van der Waals surface area contributed by atoms with Gasteiger partial charge in [-0.15, -0.1) is 0 Å². The lowest BCUT2D eigenvalue weighted by molar-refractivity contribution is 0.591. The summed E-state index contributed by atoms with van der Waals surface area (Å²) in [6.45, 7) is 9.71. The number of aryl methyl sites for hydroxylation is 2. The summed E-state index contributed by atoms with van der Waals surface area (Å²) in [5.74, 6) is 0. The number of hydrogen-bond donors (Lipinski definition) is 1. The maximum absolute atomic E-state index is 4.49. The van der Waals surface area contributed by atoms with Crippen LogP contribution in [0.1, 0.15) is 44.5 Å². The predicted molar refractivity (Wildman–Crippen MR) is 85.1 cm³/mol. The summed E-state index contributed by atoms with van der Waals surface area (Å²) < 4.78 is 1.89. The Morgan fingerprint density at radius 2 is 1.90 bits per heavy atom. The van der Waals surface area contributed by atoms with Crippen LogP contribution in [0.2, 0.25) is 0 Å². The largest absolute Gasteiger partial charge is 0.381 e. The molecular weight excluding hydrogens is 246 g/mol. The minimum atomic E-state index is 0.145. The number of nitrogens with zero attached hydrogens (tertiary/aromatic N) is 2. The zero-order valence-electron chi connectivity index (χ0n) is 13.2. The van der Waals surface area contributed by atoms with E-state index >= 15 is 0 Å². The molecule has 0 unspecified atom stereocenters. The average molecular weight is 271 g/mol. The van der Waals surface area contributed by atoms with Crippen molar-refractivity contribution in [1.82, 2.24) is 9.78 Å². The summed E-state index contributed by atoms with van der Waals surface area (Å²) >= 11 is 0. The van der Waals surface area contributed by atoms with Gasteiger partial charge in [-0.1, -0.05) is 45.9 Å². The molecule has 3 nitrogen and oxygen atoms in total. The highest BCUT2D eigenvalue weighted by molar-refractivity contribution is 5.54. The fourth-order valence-corrected chi connectivity index (χ4v) is 2.51. The van der Waals surface area contributed by atoms with Gasteiger partial charge in [0.2, 0.25) is 0 Å². The molecule has 1 heterocycles. The van der Waals surface area contributed by atoms with E-state index in [1.165, 1.54) is 22.5 Å². The number of para-hydroxylation sites is 1. The van der Waals surface area contributed by atoms with E-state index < -0.39 is 0 Å². The predicted octanol–water partition coefficient (Wildman–Crippen LogP) is 3.89. The lowest BCUT2D eigenvalue weighted by Gasteiger charge is -2.23. The molecule has 2 aromatic rings. The standard InChI is InChI=1S/C17H25N3/c1-6-15-13(12-20(5)19-15)11-18-16-10-8-7-9-14(16)17(2,3)4/h7-10,12,18H,6,11H2,1-5H3. The minimum Gasteiger partial charge on any atom is -0.381 e. The van der Waals surface area contributed by atoms with E-state index in [4.69, 9.17) is 0 Å². The fraction of sp³-hybridized carbons (Fsp3) is 0.471. The van der Waals surface area contributed by atoms with Gasteiger partial charge >= 0.3 is 0 Å². The van der Waals surface area contributed by atoms with Crippen molar-refractivity contribution in [3.63, 3.8) is 0 Å². The van der Waals surface area contributed by atoms with Crippen molar-refractivity contribution in [2.24, 2.45) is 7.05 Å². The zero-order valence-corrected chi connectivity index (χ0v) is 13.2. The van der Waals surface area contributed by atoms with Gasteiger partial charge in [0.05, 0.1) is 5.69 Å². The van der Waals surface area contributed by atoms with E-state index in [1.54, 1.807) is 0 Å². The third-order valence-corrected chi connectivity index (χ3v) is 3.53. The molecule has 0 spiro atoms. The lowest BCUT2D eigenvalue weighted by Crippen LogP contribution is -2.14. The minimum absolute atomic E-state index is 0.145. The Balaban J connectivity index is 2.19. The van der Waals surface area contributed by atoms with Crippen LogP contribution in [-0.4, -0.2) is 9.78 Å².